The number of anilines is 1. The van der Waals surface area contributed by atoms with Crippen molar-refractivity contribution >= 4 is 27.5 Å². The number of benzene rings is 1. The quantitative estimate of drug-likeness (QED) is 0.901. The van der Waals surface area contributed by atoms with Crippen molar-refractivity contribution in [3.8, 4) is 0 Å². The number of hydrogen-bond acceptors (Lipinski definition) is 2. The number of nitrogens with one attached hydrogen (secondary N) is 1. The molecule has 0 saturated heterocycles. The van der Waals surface area contributed by atoms with Crippen LogP contribution in [-0.4, -0.2) is 11.4 Å². The third kappa shape index (κ3) is 2.53. The highest BCUT2D eigenvalue weighted by Crippen LogP contribution is 2.39. The van der Waals surface area contributed by atoms with E-state index in [9.17, 15) is 4.79 Å². The van der Waals surface area contributed by atoms with Gasteiger partial charge in [0.15, 0.2) is 0 Å². The predicted molar refractivity (Wildman–Crippen MR) is 72.8 cm³/mol. The van der Waals surface area contributed by atoms with Crippen LogP contribution < -0.4 is 11.1 Å². The Hall–Kier alpha value is -0.870. The van der Waals surface area contributed by atoms with E-state index in [1.165, 1.54) is 0 Å². The van der Waals surface area contributed by atoms with Crippen LogP contribution in [0.15, 0.2) is 22.7 Å². The summed E-state index contributed by atoms with van der Waals surface area (Å²) in [5.41, 5.74) is 7.19. The fourth-order valence-corrected chi connectivity index (χ4v) is 2.23. The van der Waals surface area contributed by atoms with E-state index < -0.39 is 5.54 Å². The summed E-state index contributed by atoms with van der Waals surface area (Å²) in [4.78, 5) is 12.1. The zero-order chi connectivity index (χ0) is 12.6. The molecular weight excluding hydrogens is 280 g/mol. The molecule has 1 aromatic carbocycles. The number of carbonyl (C=O) groups excluding carboxylic acids is 1. The van der Waals surface area contributed by atoms with E-state index >= 15 is 0 Å². The maximum atomic E-state index is 12.1. The Morgan fingerprint density at radius 1 is 1.53 bits per heavy atom. The number of halogens is 1. The Bertz CT molecular complexity index is 453. The zero-order valence-electron chi connectivity index (χ0n) is 10.1. The molecule has 92 valence electrons. The summed E-state index contributed by atoms with van der Waals surface area (Å²) in [5.74, 6) is 0.220. The molecule has 4 heteroatoms. The smallest absolute Gasteiger partial charge is 0.244 e. The summed E-state index contributed by atoms with van der Waals surface area (Å²) < 4.78 is 0.917. The summed E-state index contributed by atoms with van der Waals surface area (Å²) >= 11 is 3.47. The number of hydrogen-bond donors (Lipinski definition) is 2. The Morgan fingerprint density at radius 3 is 2.76 bits per heavy atom. The second kappa shape index (κ2) is 4.42. The highest BCUT2D eigenvalue weighted by Gasteiger charge is 2.44. The molecule has 1 fully saturated rings. The molecule has 0 spiro atoms. The topological polar surface area (TPSA) is 55.1 Å². The fraction of sp³-hybridized carbons (Fsp3) is 0.462. The minimum absolute atomic E-state index is 0.105. The third-order valence-corrected chi connectivity index (χ3v) is 4.41. The van der Waals surface area contributed by atoms with Gasteiger partial charge in [0, 0.05) is 4.47 Å². The molecule has 17 heavy (non-hydrogen) atoms. The number of nitrogens with two attached hydrogens (primary N) is 1. The fourth-order valence-electron chi connectivity index (χ4n) is 1.87. The lowest BCUT2D eigenvalue weighted by molar-refractivity contribution is -0.121. The summed E-state index contributed by atoms with van der Waals surface area (Å²) in [6, 6.07) is 5.78. The van der Waals surface area contributed by atoms with Gasteiger partial charge in [-0.05, 0) is 60.2 Å². The van der Waals surface area contributed by atoms with Crippen molar-refractivity contribution in [3.05, 3.63) is 28.2 Å². The average Bonchev–Trinajstić information content (AvgIpc) is 3.08. The van der Waals surface area contributed by atoms with Crippen LogP contribution in [0.5, 0.6) is 0 Å². The predicted octanol–water partition coefficient (Wildman–Crippen LogP) is 2.82. The molecule has 0 bridgehead atoms. The van der Waals surface area contributed by atoms with Gasteiger partial charge in [-0.2, -0.15) is 0 Å². The zero-order valence-corrected chi connectivity index (χ0v) is 11.7. The summed E-state index contributed by atoms with van der Waals surface area (Å²) in [6.45, 7) is 3.80. The van der Waals surface area contributed by atoms with Crippen molar-refractivity contribution in [1.82, 2.24) is 0 Å². The van der Waals surface area contributed by atoms with Crippen molar-refractivity contribution in [2.75, 3.05) is 5.32 Å². The van der Waals surface area contributed by atoms with Gasteiger partial charge < -0.3 is 11.1 Å². The number of amides is 1. The first-order chi connectivity index (χ1) is 7.93. The van der Waals surface area contributed by atoms with E-state index in [0.717, 1.165) is 28.6 Å². The van der Waals surface area contributed by atoms with Gasteiger partial charge in [-0.25, -0.2) is 0 Å². The van der Waals surface area contributed by atoms with Crippen LogP contribution in [0, 0.1) is 12.8 Å². The van der Waals surface area contributed by atoms with Gasteiger partial charge in [0.1, 0.15) is 0 Å². The van der Waals surface area contributed by atoms with E-state index in [0.29, 0.717) is 5.92 Å². The molecule has 0 aromatic heterocycles. The van der Waals surface area contributed by atoms with E-state index in [2.05, 4.69) is 21.2 Å². The molecule has 0 aliphatic heterocycles. The lowest BCUT2D eigenvalue weighted by atomic mass is 9.96. The standard InChI is InChI=1S/C13H17BrN2O/c1-8-4-3-5-10(11(8)14)16-12(17)13(2,15)9-6-7-9/h3-5,9H,6-7,15H2,1-2H3,(H,16,17). The minimum Gasteiger partial charge on any atom is -0.323 e. The monoisotopic (exact) mass is 296 g/mol. The first kappa shape index (κ1) is 12.6. The molecule has 1 unspecified atom stereocenters. The molecular formula is C13H17BrN2O. The minimum atomic E-state index is -0.761. The van der Waals surface area contributed by atoms with Crippen LogP contribution in [0.3, 0.4) is 0 Å². The van der Waals surface area contributed by atoms with Crippen LogP contribution in [0.25, 0.3) is 0 Å². The Morgan fingerprint density at radius 2 is 2.18 bits per heavy atom. The first-order valence-electron chi connectivity index (χ1n) is 5.78. The van der Waals surface area contributed by atoms with Crippen LogP contribution >= 0.6 is 15.9 Å². The summed E-state index contributed by atoms with van der Waals surface area (Å²) in [5, 5.41) is 2.90. The Kier molecular flexibility index (Phi) is 3.27. The molecule has 1 amide bonds. The second-order valence-corrected chi connectivity index (χ2v) is 5.74. The maximum Gasteiger partial charge on any atom is 0.244 e. The van der Waals surface area contributed by atoms with E-state index in [4.69, 9.17) is 5.73 Å². The van der Waals surface area contributed by atoms with Crippen molar-refractivity contribution in [2.24, 2.45) is 11.7 Å². The van der Waals surface area contributed by atoms with Crippen molar-refractivity contribution in [1.29, 1.82) is 0 Å². The van der Waals surface area contributed by atoms with Crippen LogP contribution in [0.4, 0.5) is 5.69 Å². The van der Waals surface area contributed by atoms with Gasteiger partial charge >= 0.3 is 0 Å². The third-order valence-electron chi connectivity index (χ3n) is 3.35. The normalized spacial score (nSPS) is 18.6. The molecule has 1 saturated carbocycles. The molecule has 3 N–H and O–H groups in total. The van der Waals surface area contributed by atoms with E-state index in [1.807, 2.05) is 32.0 Å². The van der Waals surface area contributed by atoms with Gasteiger partial charge in [-0.3, -0.25) is 4.79 Å². The molecule has 0 radical (unpaired) electrons. The number of rotatable bonds is 3. The number of aryl methyl sites for hydroxylation is 1. The van der Waals surface area contributed by atoms with Crippen LogP contribution in [-0.2, 0) is 4.79 Å². The van der Waals surface area contributed by atoms with Gasteiger partial charge in [0.25, 0.3) is 0 Å². The van der Waals surface area contributed by atoms with E-state index in [-0.39, 0.29) is 5.91 Å². The lowest BCUT2D eigenvalue weighted by Gasteiger charge is -2.23. The van der Waals surface area contributed by atoms with Crippen LogP contribution in [0.1, 0.15) is 25.3 Å². The maximum absolute atomic E-state index is 12.1. The molecule has 1 atom stereocenters. The summed E-state index contributed by atoms with van der Waals surface area (Å²) in [6.07, 6.45) is 2.10. The second-order valence-electron chi connectivity index (χ2n) is 4.95. The largest absolute Gasteiger partial charge is 0.323 e. The highest BCUT2D eigenvalue weighted by atomic mass is 79.9. The van der Waals surface area contributed by atoms with Crippen molar-refractivity contribution in [3.63, 3.8) is 0 Å². The molecule has 0 heterocycles. The molecule has 1 aliphatic carbocycles. The lowest BCUT2D eigenvalue weighted by Crippen LogP contribution is -2.50. The average molecular weight is 297 g/mol. The molecule has 1 aromatic rings. The van der Waals surface area contributed by atoms with Crippen molar-refractivity contribution in [2.45, 2.75) is 32.2 Å². The number of carbonyl (C=O) groups is 1. The van der Waals surface area contributed by atoms with Gasteiger partial charge in [0.2, 0.25) is 5.91 Å². The highest BCUT2D eigenvalue weighted by molar-refractivity contribution is 9.10. The van der Waals surface area contributed by atoms with Crippen molar-refractivity contribution < 1.29 is 4.79 Å². The van der Waals surface area contributed by atoms with Gasteiger partial charge in [0.05, 0.1) is 11.2 Å². The first-order valence-corrected chi connectivity index (χ1v) is 6.57. The Labute approximate surface area is 110 Å². The molecule has 3 nitrogen and oxygen atoms in total. The SMILES string of the molecule is Cc1cccc(NC(=O)C(C)(N)C2CC2)c1Br. The van der Waals surface area contributed by atoms with Gasteiger partial charge in [-0.1, -0.05) is 12.1 Å². The Balaban J connectivity index is 2.15. The summed E-state index contributed by atoms with van der Waals surface area (Å²) in [7, 11) is 0. The van der Waals surface area contributed by atoms with Crippen LogP contribution in [0.2, 0.25) is 0 Å². The molecule has 2 rings (SSSR count). The van der Waals surface area contributed by atoms with Gasteiger partial charge in [-0.15, -0.1) is 0 Å². The van der Waals surface area contributed by atoms with E-state index in [1.54, 1.807) is 0 Å². The molecule has 1 aliphatic rings.